The number of ether oxygens (including phenoxy) is 1. The number of nitrogens with zero attached hydrogens (tertiary/aromatic N) is 1. The molecule has 1 heterocycles. The van der Waals surface area contributed by atoms with Gasteiger partial charge in [-0.05, 0) is 44.7 Å². The zero-order valence-electron chi connectivity index (χ0n) is 16.1. The summed E-state index contributed by atoms with van der Waals surface area (Å²) >= 11 is 0. The van der Waals surface area contributed by atoms with Crippen LogP contribution in [0.15, 0.2) is 59.0 Å². The Morgan fingerprint density at radius 2 is 1.93 bits per heavy atom. The number of rotatable bonds is 8. The highest BCUT2D eigenvalue weighted by Gasteiger charge is 2.15. The van der Waals surface area contributed by atoms with Gasteiger partial charge in [-0.25, -0.2) is 0 Å². The van der Waals surface area contributed by atoms with E-state index in [2.05, 4.69) is 5.32 Å². The van der Waals surface area contributed by atoms with Gasteiger partial charge in [0, 0.05) is 11.9 Å². The molecular formula is C22H26N2O3. The van der Waals surface area contributed by atoms with Gasteiger partial charge in [0.25, 0.3) is 0 Å². The van der Waals surface area contributed by atoms with Crippen LogP contribution in [0.2, 0.25) is 0 Å². The lowest BCUT2D eigenvalue weighted by Crippen LogP contribution is -2.37. The van der Waals surface area contributed by atoms with Crippen LogP contribution in [-0.2, 0) is 4.79 Å². The molecule has 5 heteroatoms. The van der Waals surface area contributed by atoms with Crippen LogP contribution in [0.3, 0.4) is 0 Å². The SMILES string of the molecule is Cc1ccccc1OCCN(C)CC(=O)NC(C)c1cc2ccccc2o1. The molecule has 0 saturated heterocycles. The van der Waals surface area contributed by atoms with Crippen molar-refractivity contribution in [2.45, 2.75) is 19.9 Å². The minimum absolute atomic E-state index is 0.0404. The van der Waals surface area contributed by atoms with Crippen molar-refractivity contribution in [1.29, 1.82) is 0 Å². The Bertz CT molecular complexity index is 870. The van der Waals surface area contributed by atoms with Gasteiger partial charge in [-0.1, -0.05) is 36.4 Å². The summed E-state index contributed by atoms with van der Waals surface area (Å²) in [4.78, 5) is 14.2. The molecule has 0 radical (unpaired) electrons. The average Bonchev–Trinajstić information content (AvgIpc) is 3.07. The van der Waals surface area contributed by atoms with Crippen molar-refractivity contribution in [2.75, 3.05) is 26.7 Å². The molecule has 0 saturated carbocycles. The Balaban J connectivity index is 1.44. The van der Waals surface area contributed by atoms with Crippen LogP contribution in [0.4, 0.5) is 0 Å². The number of benzene rings is 2. The quantitative estimate of drug-likeness (QED) is 0.656. The van der Waals surface area contributed by atoms with Crippen LogP contribution >= 0.6 is 0 Å². The fourth-order valence-corrected chi connectivity index (χ4v) is 2.93. The predicted molar refractivity (Wildman–Crippen MR) is 107 cm³/mol. The summed E-state index contributed by atoms with van der Waals surface area (Å²) in [6, 6.07) is 17.5. The number of hydrogen-bond acceptors (Lipinski definition) is 4. The van der Waals surface area contributed by atoms with E-state index >= 15 is 0 Å². The maximum atomic E-state index is 12.3. The summed E-state index contributed by atoms with van der Waals surface area (Å²) < 4.78 is 11.6. The summed E-state index contributed by atoms with van der Waals surface area (Å²) in [5.41, 5.74) is 1.94. The lowest BCUT2D eigenvalue weighted by molar-refractivity contribution is -0.122. The summed E-state index contributed by atoms with van der Waals surface area (Å²) in [5, 5.41) is 4.03. The third-order valence-corrected chi connectivity index (χ3v) is 4.49. The molecule has 27 heavy (non-hydrogen) atoms. The molecule has 1 aromatic heterocycles. The predicted octanol–water partition coefficient (Wildman–Crippen LogP) is 3.93. The molecule has 3 aromatic rings. The largest absolute Gasteiger partial charge is 0.492 e. The molecule has 0 aliphatic rings. The van der Waals surface area contributed by atoms with Crippen molar-refractivity contribution in [3.05, 3.63) is 65.9 Å². The molecule has 0 fully saturated rings. The van der Waals surface area contributed by atoms with Gasteiger partial charge in [0.05, 0.1) is 12.6 Å². The van der Waals surface area contributed by atoms with Gasteiger partial charge < -0.3 is 14.5 Å². The molecule has 0 aliphatic heterocycles. The molecule has 0 spiro atoms. The van der Waals surface area contributed by atoms with E-state index in [0.717, 1.165) is 28.0 Å². The molecule has 1 N–H and O–H groups in total. The highest BCUT2D eigenvalue weighted by Crippen LogP contribution is 2.23. The fourth-order valence-electron chi connectivity index (χ4n) is 2.93. The minimum atomic E-state index is -0.179. The second-order valence-electron chi connectivity index (χ2n) is 6.83. The third-order valence-electron chi connectivity index (χ3n) is 4.49. The summed E-state index contributed by atoms with van der Waals surface area (Å²) in [7, 11) is 1.91. The standard InChI is InChI=1S/C22H26N2O3/c1-16-8-4-6-10-19(16)26-13-12-24(3)15-22(25)23-17(2)21-14-18-9-5-7-11-20(18)27-21/h4-11,14,17H,12-13,15H2,1-3H3,(H,23,25). The first-order valence-electron chi connectivity index (χ1n) is 9.18. The van der Waals surface area contributed by atoms with Gasteiger partial charge in [0.2, 0.25) is 5.91 Å². The van der Waals surface area contributed by atoms with Gasteiger partial charge in [-0.15, -0.1) is 0 Å². The number of para-hydroxylation sites is 2. The lowest BCUT2D eigenvalue weighted by Gasteiger charge is -2.18. The van der Waals surface area contributed by atoms with Crippen LogP contribution in [0.1, 0.15) is 24.3 Å². The van der Waals surface area contributed by atoms with E-state index in [1.54, 1.807) is 0 Å². The van der Waals surface area contributed by atoms with Crippen LogP contribution in [-0.4, -0.2) is 37.6 Å². The van der Waals surface area contributed by atoms with Gasteiger partial charge in [0.1, 0.15) is 23.7 Å². The highest BCUT2D eigenvalue weighted by molar-refractivity contribution is 5.80. The molecule has 142 valence electrons. The van der Waals surface area contributed by atoms with Crippen molar-refractivity contribution in [3.8, 4) is 5.75 Å². The van der Waals surface area contributed by atoms with Gasteiger partial charge in [0.15, 0.2) is 0 Å². The summed E-state index contributed by atoms with van der Waals surface area (Å²) in [6.07, 6.45) is 0. The Kier molecular flexibility index (Phi) is 6.14. The van der Waals surface area contributed by atoms with E-state index in [0.29, 0.717) is 19.7 Å². The minimum Gasteiger partial charge on any atom is -0.492 e. The number of furan rings is 1. The van der Waals surface area contributed by atoms with Gasteiger partial charge in [-0.3, -0.25) is 9.69 Å². The van der Waals surface area contributed by atoms with Crippen molar-refractivity contribution < 1.29 is 13.9 Å². The average molecular weight is 366 g/mol. The Morgan fingerprint density at radius 1 is 1.19 bits per heavy atom. The molecule has 1 atom stereocenters. The number of nitrogens with one attached hydrogen (secondary N) is 1. The van der Waals surface area contributed by atoms with Crippen LogP contribution in [0.5, 0.6) is 5.75 Å². The number of fused-ring (bicyclic) bond motifs is 1. The first-order valence-corrected chi connectivity index (χ1v) is 9.18. The van der Waals surface area contributed by atoms with Crippen LogP contribution < -0.4 is 10.1 Å². The maximum Gasteiger partial charge on any atom is 0.234 e. The molecular weight excluding hydrogens is 340 g/mol. The van der Waals surface area contributed by atoms with E-state index in [4.69, 9.17) is 9.15 Å². The number of amides is 1. The number of carbonyl (C=O) groups excluding carboxylic acids is 1. The van der Waals surface area contributed by atoms with Crippen LogP contribution in [0, 0.1) is 6.92 Å². The van der Waals surface area contributed by atoms with E-state index < -0.39 is 0 Å². The molecule has 3 rings (SSSR count). The maximum absolute atomic E-state index is 12.3. The number of aryl methyl sites for hydroxylation is 1. The lowest BCUT2D eigenvalue weighted by atomic mass is 10.2. The summed E-state index contributed by atoms with van der Waals surface area (Å²) in [6.45, 7) is 5.46. The van der Waals surface area contributed by atoms with Gasteiger partial charge in [-0.2, -0.15) is 0 Å². The zero-order chi connectivity index (χ0) is 19.2. The monoisotopic (exact) mass is 366 g/mol. The second kappa shape index (κ2) is 8.73. The first-order chi connectivity index (χ1) is 13.0. The van der Waals surface area contributed by atoms with Crippen molar-refractivity contribution in [1.82, 2.24) is 10.2 Å². The second-order valence-corrected chi connectivity index (χ2v) is 6.83. The van der Waals surface area contributed by atoms with Gasteiger partial charge >= 0.3 is 0 Å². The topological polar surface area (TPSA) is 54.7 Å². The Morgan fingerprint density at radius 3 is 2.70 bits per heavy atom. The van der Waals surface area contributed by atoms with E-state index in [9.17, 15) is 4.79 Å². The number of hydrogen-bond donors (Lipinski definition) is 1. The highest BCUT2D eigenvalue weighted by atomic mass is 16.5. The van der Waals surface area contributed by atoms with E-state index in [-0.39, 0.29) is 11.9 Å². The zero-order valence-corrected chi connectivity index (χ0v) is 16.1. The first kappa shape index (κ1) is 19.0. The normalized spacial score (nSPS) is 12.3. The molecule has 2 aromatic carbocycles. The van der Waals surface area contributed by atoms with Crippen LogP contribution in [0.25, 0.3) is 11.0 Å². The summed E-state index contributed by atoms with van der Waals surface area (Å²) in [5.74, 6) is 1.60. The van der Waals surface area contributed by atoms with E-state index in [1.807, 2.05) is 80.4 Å². The van der Waals surface area contributed by atoms with Crippen molar-refractivity contribution in [3.63, 3.8) is 0 Å². The molecule has 0 aliphatic carbocycles. The van der Waals surface area contributed by atoms with E-state index in [1.165, 1.54) is 0 Å². The molecule has 1 unspecified atom stereocenters. The van der Waals surface area contributed by atoms with Crippen molar-refractivity contribution in [2.24, 2.45) is 0 Å². The Labute approximate surface area is 159 Å². The third kappa shape index (κ3) is 5.11. The number of likely N-dealkylation sites (N-methyl/N-ethyl adjacent to an activating group) is 1. The number of carbonyl (C=O) groups is 1. The Hall–Kier alpha value is -2.79. The fraction of sp³-hybridized carbons (Fsp3) is 0.318. The molecule has 1 amide bonds. The smallest absolute Gasteiger partial charge is 0.234 e. The molecule has 5 nitrogen and oxygen atoms in total. The molecule has 0 bridgehead atoms. The van der Waals surface area contributed by atoms with Crippen molar-refractivity contribution >= 4 is 16.9 Å².